The van der Waals surface area contributed by atoms with Gasteiger partial charge in [-0.2, -0.15) is 0 Å². The molecule has 0 fully saturated rings. The molecule has 0 saturated carbocycles. The van der Waals surface area contributed by atoms with Crippen molar-refractivity contribution in [3.05, 3.63) is 59.2 Å². The van der Waals surface area contributed by atoms with E-state index in [-0.39, 0.29) is 28.1 Å². The molecule has 0 unspecified atom stereocenters. The number of carbonyl (C=O) groups is 4. The summed E-state index contributed by atoms with van der Waals surface area (Å²) in [6, 6.07) is 10.2. The van der Waals surface area contributed by atoms with E-state index in [0.29, 0.717) is 0 Å². The summed E-state index contributed by atoms with van der Waals surface area (Å²) >= 11 is 0. The first kappa shape index (κ1) is 20.4. The van der Waals surface area contributed by atoms with Crippen LogP contribution in [-0.2, 0) is 14.3 Å². The van der Waals surface area contributed by atoms with Crippen LogP contribution in [0.3, 0.4) is 0 Å². The zero-order valence-corrected chi connectivity index (χ0v) is 15.2. The van der Waals surface area contributed by atoms with Crippen molar-refractivity contribution in [2.45, 2.75) is 0 Å². The summed E-state index contributed by atoms with van der Waals surface area (Å²) in [5.41, 5.74) is 5.67. The Bertz CT molecular complexity index is 890. The molecular formula is C19H18N2O7. The van der Waals surface area contributed by atoms with E-state index in [4.69, 9.17) is 10.5 Å². The lowest BCUT2D eigenvalue weighted by atomic mass is 10.1. The van der Waals surface area contributed by atoms with Gasteiger partial charge >= 0.3 is 11.9 Å². The van der Waals surface area contributed by atoms with Crippen LogP contribution in [0.25, 0.3) is 0 Å². The molecule has 0 aliphatic carbocycles. The first-order valence-corrected chi connectivity index (χ1v) is 7.99. The number of nitrogens with one attached hydrogen (secondary N) is 1. The standard InChI is InChI=1S/C19H18N2O7/c1-26-18(24)11-7-12(19(25)27-2)9-13(8-11)21-16(22)10-28-15-6-4-3-5-14(15)17(20)23/h3-9H,10H2,1-2H3,(H2,20,23)(H,21,22). The molecule has 2 amide bonds. The van der Waals surface area contributed by atoms with Crippen molar-refractivity contribution in [3.63, 3.8) is 0 Å². The maximum Gasteiger partial charge on any atom is 0.337 e. The molecule has 0 spiro atoms. The van der Waals surface area contributed by atoms with Gasteiger partial charge in [0.1, 0.15) is 5.75 Å². The molecule has 0 atom stereocenters. The molecule has 3 N–H and O–H groups in total. The molecule has 28 heavy (non-hydrogen) atoms. The third-order valence-electron chi connectivity index (χ3n) is 3.57. The lowest BCUT2D eigenvalue weighted by molar-refractivity contribution is -0.118. The molecule has 0 aliphatic rings. The summed E-state index contributed by atoms with van der Waals surface area (Å²) in [5.74, 6) is -2.49. The Hall–Kier alpha value is -3.88. The van der Waals surface area contributed by atoms with Crippen LogP contribution in [0, 0.1) is 0 Å². The number of para-hydroxylation sites is 1. The van der Waals surface area contributed by atoms with Crippen LogP contribution in [0.2, 0.25) is 0 Å². The number of benzene rings is 2. The Kier molecular flexibility index (Phi) is 6.69. The topological polar surface area (TPSA) is 134 Å². The molecule has 0 bridgehead atoms. The number of anilines is 1. The van der Waals surface area contributed by atoms with E-state index >= 15 is 0 Å². The minimum atomic E-state index is -0.690. The Morgan fingerprint density at radius 1 is 0.929 bits per heavy atom. The Morgan fingerprint density at radius 2 is 1.50 bits per heavy atom. The third-order valence-corrected chi connectivity index (χ3v) is 3.57. The summed E-state index contributed by atoms with van der Waals surface area (Å²) < 4.78 is 14.6. The van der Waals surface area contributed by atoms with E-state index in [0.717, 1.165) is 0 Å². The van der Waals surface area contributed by atoms with Crippen molar-refractivity contribution in [1.82, 2.24) is 0 Å². The van der Waals surface area contributed by atoms with E-state index in [9.17, 15) is 19.2 Å². The molecule has 9 nitrogen and oxygen atoms in total. The second-order valence-corrected chi connectivity index (χ2v) is 5.48. The maximum atomic E-state index is 12.2. The van der Waals surface area contributed by atoms with E-state index < -0.39 is 30.4 Å². The van der Waals surface area contributed by atoms with Crippen molar-refractivity contribution in [2.24, 2.45) is 5.73 Å². The fourth-order valence-corrected chi connectivity index (χ4v) is 2.31. The number of esters is 2. The van der Waals surface area contributed by atoms with Gasteiger partial charge in [-0.3, -0.25) is 9.59 Å². The van der Waals surface area contributed by atoms with E-state index in [1.54, 1.807) is 12.1 Å². The van der Waals surface area contributed by atoms with Crippen LogP contribution < -0.4 is 15.8 Å². The van der Waals surface area contributed by atoms with Crippen molar-refractivity contribution >= 4 is 29.4 Å². The normalized spacial score (nSPS) is 9.93. The third kappa shape index (κ3) is 5.07. The predicted octanol–water partition coefficient (Wildman–Crippen LogP) is 1.38. The van der Waals surface area contributed by atoms with Crippen molar-refractivity contribution in [2.75, 3.05) is 26.1 Å². The average Bonchev–Trinajstić information content (AvgIpc) is 2.70. The van der Waals surface area contributed by atoms with Crippen LogP contribution in [0.15, 0.2) is 42.5 Å². The minimum Gasteiger partial charge on any atom is -0.483 e. The van der Waals surface area contributed by atoms with E-state index in [1.165, 1.54) is 44.6 Å². The molecule has 9 heteroatoms. The van der Waals surface area contributed by atoms with Crippen molar-refractivity contribution in [3.8, 4) is 5.75 Å². The van der Waals surface area contributed by atoms with Crippen LogP contribution in [0.4, 0.5) is 5.69 Å². The highest BCUT2D eigenvalue weighted by Crippen LogP contribution is 2.19. The molecule has 2 aromatic rings. The highest BCUT2D eigenvalue weighted by atomic mass is 16.5. The zero-order chi connectivity index (χ0) is 20.7. The van der Waals surface area contributed by atoms with Gasteiger partial charge in [-0.15, -0.1) is 0 Å². The molecule has 0 heterocycles. The number of amides is 2. The SMILES string of the molecule is COC(=O)c1cc(NC(=O)COc2ccccc2C(N)=O)cc(C(=O)OC)c1. The zero-order valence-electron chi connectivity index (χ0n) is 15.2. The summed E-state index contributed by atoms with van der Waals surface area (Å²) in [5, 5.41) is 2.50. The number of nitrogens with two attached hydrogens (primary N) is 1. The highest BCUT2D eigenvalue weighted by molar-refractivity contribution is 6.00. The smallest absolute Gasteiger partial charge is 0.337 e. The number of hydrogen-bond donors (Lipinski definition) is 2. The van der Waals surface area contributed by atoms with Crippen molar-refractivity contribution < 1.29 is 33.4 Å². The number of ether oxygens (including phenoxy) is 3. The minimum absolute atomic E-state index is 0.0562. The van der Waals surface area contributed by atoms with Gasteiger partial charge in [0.05, 0.1) is 30.9 Å². The second-order valence-electron chi connectivity index (χ2n) is 5.48. The Labute approximate surface area is 160 Å². The fraction of sp³-hybridized carbons (Fsp3) is 0.158. The highest BCUT2D eigenvalue weighted by Gasteiger charge is 2.16. The molecule has 0 saturated heterocycles. The van der Waals surface area contributed by atoms with Crippen LogP contribution in [0.5, 0.6) is 5.75 Å². The largest absolute Gasteiger partial charge is 0.483 e. The molecule has 2 rings (SSSR count). The van der Waals surface area contributed by atoms with Gasteiger partial charge in [0.2, 0.25) is 0 Å². The number of carbonyl (C=O) groups excluding carboxylic acids is 4. The second kappa shape index (κ2) is 9.17. The van der Waals surface area contributed by atoms with Gasteiger partial charge < -0.3 is 25.3 Å². The number of methoxy groups -OCH3 is 2. The van der Waals surface area contributed by atoms with Gasteiger partial charge in [0.15, 0.2) is 6.61 Å². The molecule has 0 radical (unpaired) electrons. The molecule has 0 aliphatic heterocycles. The lowest BCUT2D eigenvalue weighted by Crippen LogP contribution is -2.22. The number of hydrogen-bond acceptors (Lipinski definition) is 7. The molecule has 0 aromatic heterocycles. The molecule has 2 aromatic carbocycles. The van der Waals surface area contributed by atoms with E-state index in [2.05, 4.69) is 14.8 Å². The van der Waals surface area contributed by atoms with Crippen LogP contribution >= 0.6 is 0 Å². The average molecular weight is 386 g/mol. The van der Waals surface area contributed by atoms with Gasteiger partial charge in [0.25, 0.3) is 11.8 Å². The Morgan fingerprint density at radius 3 is 2.04 bits per heavy atom. The van der Waals surface area contributed by atoms with Crippen molar-refractivity contribution in [1.29, 1.82) is 0 Å². The molecule has 146 valence electrons. The first-order valence-electron chi connectivity index (χ1n) is 7.99. The summed E-state index contributed by atoms with van der Waals surface area (Å²) in [6.07, 6.45) is 0. The number of rotatable bonds is 7. The predicted molar refractivity (Wildman–Crippen MR) is 98.2 cm³/mol. The van der Waals surface area contributed by atoms with Gasteiger partial charge in [0, 0.05) is 5.69 Å². The number of primary amides is 1. The lowest BCUT2D eigenvalue weighted by Gasteiger charge is -2.11. The summed E-state index contributed by atoms with van der Waals surface area (Å²) in [4.78, 5) is 47.1. The van der Waals surface area contributed by atoms with E-state index in [1.807, 2.05) is 0 Å². The van der Waals surface area contributed by atoms with Gasteiger partial charge in [-0.25, -0.2) is 9.59 Å². The first-order chi connectivity index (χ1) is 13.3. The van der Waals surface area contributed by atoms with Gasteiger partial charge in [-0.1, -0.05) is 12.1 Å². The van der Waals surface area contributed by atoms with Gasteiger partial charge in [-0.05, 0) is 30.3 Å². The Balaban J connectivity index is 2.16. The van der Waals surface area contributed by atoms with Crippen LogP contribution in [0.1, 0.15) is 31.1 Å². The maximum absolute atomic E-state index is 12.2. The van der Waals surface area contributed by atoms with Crippen LogP contribution in [-0.4, -0.2) is 44.6 Å². The quantitative estimate of drug-likeness (QED) is 0.687. The monoisotopic (exact) mass is 386 g/mol. The fourth-order valence-electron chi connectivity index (χ4n) is 2.31. The summed E-state index contributed by atoms with van der Waals surface area (Å²) in [7, 11) is 2.38. The molecular weight excluding hydrogens is 368 g/mol. The summed E-state index contributed by atoms with van der Waals surface area (Å²) in [6.45, 7) is -0.430.